The van der Waals surface area contributed by atoms with Gasteiger partial charge in [-0.25, -0.2) is 9.18 Å². The van der Waals surface area contributed by atoms with Crippen LogP contribution in [0.15, 0.2) is 12.1 Å². The molecule has 0 saturated heterocycles. The second kappa shape index (κ2) is 9.19. The zero-order valence-electron chi connectivity index (χ0n) is 12.9. The molecule has 6 nitrogen and oxygen atoms in total. The van der Waals surface area contributed by atoms with Crippen molar-refractivity contribution in [1.82, 2.24) is 5.32 Å². The summed E-state index contributed by atoms with van der Waals surface area (Å²) in [6.07, 6.45) is 0.765. The highest BCUT2D eigenvalue weighted by molar-refractivity contribution is 6.32. The van der Waals surface area contributed by atoms with Crippen LogP contribution in [0, 0.1) is 0 Å². The predicted molar refractivity (Wildman–Crippen MR) is 83.3 cm³/mol. The lowest BCUT2D eigenvalue weighted by Gasteiger charge is -2.16. The minimum atomic E-state index is -1.62. The smallest absolute Gasteiger partial charge is 0.328 e. The van der Waals surface area contributed by atoms with Crippen LogP contribution in [0.1, 0.15) is 30.6 Å². The molecule has 8 heteroatoms. The molecule has 0 aliphatic heterocycles. The van der Waals surface area contributed by atoms with Crippen LogP contribution in [-0.2, 0) is 4.79 Å². The maximum Gasteiger partial charge on any atom is 0.328 e. The number of rotatable bonds is 9. The number of amides is 1. The largest absolute Gasteiger partial charge is 0.490 e. The number of aliphatic carboxylic acids is 1. The fraction of sp³-hybridized carbons (Fsp3) is 0.467. The number of halogens is 2. The summed E-state index contributed by atoms with van der Waals surface area (Å²) in [6.45, 7) is 3.22. The zero-order chi connectivity index (χ0) is 17.4. The fourth-order valence-corrected chi connectivity index (χ4v) is 1.98. The van der Waals surface area contributed by atoms with Crippen LogP contribution in [0.2, 0.25) is 5.02 Å². The average Bonchev–Trinajstić information content (AvgIpc) is 2.51. The molecular formula is C15H19ClFNO5. The van der Waals surface area contributed by atoms with Crippen molar-refractivity contribution in [3.05, 3.63) is 22.7 Å². The van der Waals surface area contributed by atoms with E-state index in [1.807, 2.05) is 6.92 Å². The lowest BCUT2D eigenvalue weighted by Crippen LogP contribution is -2.42. The number of carboxylic acids is 1. The highest BCUT2D eigenvalue weighted by Gasteiger charge is 2.22. The maximum absolute atomic E-state index is 12.6. The van der Waals surface area contributed by atoms with Gasteiger partial charge in [-0.1, -0.05) is 18.5 Å². The summed E-state index contributed by atoms with van der Waals surface area (Å²) in [4.78, 5) is 22.8. The van der Waals surface area contributed by atoms with E-state index >= 15 is 0 Å². The molecular weight excluding hydrogens is 329 g/mol. The number of benzene rings is 1. The van der Waals surface area contributed by atoms with Gasteiger partial charge in [-0.2, -0.15) is 0 Å². The normalized spacial score (nSPS) is 11.7. The maximum atomic E-state index is 12.6. The lowest BCUT2D eigenvalue weighted by molar-refractivity contribution is -0.139. The molecule has 1 aromatic rings. The van der Waals surface area contributed by atoms with Gasteiger partial charge in [0, 0.05) is 5.56 Å². The SMILES string of the molecule is CCCOc1c(Cl)cc(C(=O)NC(CF)C(=O)O)cc1OCC. The molecule has 0 heterocycles. The first-order valence-electron chi connectivity index (χ1n) is 7.13. The standard InChI is InChI=1S/C15H19ClFNO5/c1-3-5-23-13-10(16)6-9(7-12(13)22-4-2)14(19)18-11(8-17)15(20)21/h6-7,11H,3-5,8H2,1-2H3,(H,18,19)(H,20,21). The third-order valence-corrected chi connectivity index (χ3v) is 3.06. The molecule has 2 N–H and O–H groups in total. The van der Waals surface area contributed by atoms with E-state index in [0.717, 1.165) is 6.42 Å². The van der Waals surface area contributed by atoms with Crippen LogP contribution in [0.3, 0.4) is 0 Å². The Morgan fingerprint density at radius 2 is 2.04 bits per heavy atom. The van der Waals surface area contributed by atoms with Gasteiger partial charge in [0.2, 0.25) is 0 Å². The van der Waals surface area contributed by atoms with E-state index in [1.165, 1.54) is 12.1 Å². The van der Waals surface area contributed by atoms with E-state index in [9.17, 15) is 14.0 Å². The van der Waals surface area contributed by atoms with Crippen molar-refractivity contribution in [2.75, 3.05) is 19.9 Å². The number of alkyl halides is 1. The number of hydrogen-bond acceptors (Lipinski definition) is 4. The van der Waals surface area contributed by atoms with Gasteiger partial charge < -0.3 is 19.9 Å². The number of nitrogens with one attached hydrogen (secondary N) is 1. The molecule has 1 atom stereocenters. The molecule has 0 saturated carbocycles. The molecule has 0 aliphatic carbocycles. The molecule has 23 heavy (non-hydrogen) atoms. The fourth-order valence-electron chi connectivity index (χ4n) is 1.71. The summed E-state index contributed by atoms with van der Waals surface area (Å²) in [6, 6.07) is 1.09. The van der Waals surface area contributed by atoms with Gasteiger partial charge in [-0.05, 0) is 25.5 Å². The van der Waals surface area contributed by atoms with Gasteiger partial charge in [0.15, 0.2) is 17.5 Å². The van der Waals surface area contributed by atoms with Crippen molar-refractivity contribution in [1.29, 1.82) is 0 Å². The van der Waals surface area contributed by atoms with Gasteiger partial charge in [-0.15, -0.1) is 0 Å². The van der Waals surface area contributed by atoms with E-state index < -0.39 is 24.6 Å². The molecule has 1 rings (SSSR count). The van der Waals surface area contributed by atoms with E-state index in [0.29, 0.717) is 19.0 Å². The number of hydrogen-bond donors (Lipinski definition) is 2. The molecule has 0 radical (unpaired) electrons. The summed E-state index contributed by atoms with van der Waals surface area (Å²) >= 11 is 6.11. The van der Waals surface area contributed by atoms with Crippen LogP contribution in [0.25, 0.3) is 0 Å². The first-order valence-corrected chi connectivity index (χ1v) is 7.51. The third kappa shape index (κ3) is 5.28. The minimum absolute atomic E-state index is 0.0574. The average molecular weight is 348 g/mol. The van der Waals surface area contributed by atoms with Crippen molar-refractivity contribution in [2.24, 2.45) is 0 Å². The molecule has 0 aromatic heterocycles. The van der Waals surface area contributed by atoms with E-state index in [2.05, 4.69) is 5.32 Å². The summed E-state index contributed by atoms with van der Waals surface area (Å²) in [5.74, 6) is -1.64. The van der Waals surface area contributed by atoms with Gasteiger partial charge in [0.25, 0.3) is 5.91 Å². The van der Waals surface area contributed by atoms with Crippen molar-refractivity contribution >= 4 is 23.5 Å². The second-order valence-corrected chi connectivity index (χ2v) is 4.99. The van der Waals surface area contributed by atoms with Crippen LogP contribution in [0.5, 0.6) is 11.5 Å². The summed E-state index contributed by atoms with van der Waals surface area (Å²) < 4.78 is 23.5. The van der Waals surface area contributed by atoms with Crippen LogP contribution < -0.4 is 14.8 Å². The second-order valence-electron chi connectivity index (χ2n) is 4.59. The highest BCUT2D eigenvalue weighted by Crippen LogP contribution is 2.36. The Morgan fingerprint density at radius 1 is 1.35 bits per heavy atom. The van der Waals surface area contributed by atoms with Crippen LogP contribution in [-0.4, -0.2) is 42.9 Å². The monoisotopic (exact) mass is 347 g/mol. The molecule has 1 amide bonds. The van der Waals surface area contributed by atoms with Gasteiger partial charge >= 0.3 is 5.97 Å². The molecule has 128 valence electrons. The van der Waals surface area contributed by atoms with E-state index in [4.69, 9.17) is 26.2 Å². The Hall–Kier alpha value is -2.02. The van der Waals surface area contributed by atoms with Crippen molar-refractivity contribution < 1.29 is 28.6 Å². The Bertz CT molecular complexity index is 567. The van der Waals surface area contributed by atoms with Gasteiger partial charge in [-0.3, -0.25) is 4.79 Å². The van der Waals surface area contributed by atoms with Gasteiger partial charge in [0.05, 0.1) is 18.2 Å². The minimum Gasteiger partial charge on any atom is -0.490 e. The number of carboxylic acid groups (broad SMARTS) is 1. The Kier molecular flexibility index (Phi) is 7.61. The van der Waals surface area contributed by atoms with Crippen LogP contribution in [0.4, 0.5) is 4.39 Å². The number of carbonyl (C=O) groups is 2. The molecule has 0 bridgehead atoms. The summed E-state index contributed by atoms with van der Waals surface area (Å²) in [5.41, 5.74) is 0.0574. The summed E-state index contributed by atoms with van der Waals surface area (Å²) in [5, 5.41) is 11.0. The Morgan fingerprint density at radius 3 is 2.57 bits per heavy atom. The van der Waals surface area contributed by atoms with Crippen molar-refractivity contribution in [3.63, 3.8) is 0 Å². The molecule has 1 unspecified atom stereocenters. The van der Waals surface area contributed by atoms with Crippen LogP contribution >= 0.6 is 11.6 Å². The zero-order valence-corrected chi connectivity index (χ0v) is 13.7. The first kappa shape index (κ1) is 19.0. The Balaban J connectivity index is 3.07. The van der Waals surface area contributed by atoms with E-state index in [1.54, 1.807) is 6.92 Å². The van der Waals surface area contributed by atoms with Gasteiger partial charge in [0.1, 0.15) is 6.67 Å². The summed E-state index contributed by atoms with van der Waals surface area (Å²) in [7, 11) is 0. The lowest BCUT2D eigenvalue weighted by atomic mass is 10.1. The number of carbonyl (C=O) groups excluding carboxylic acids is 1. The van der Waals surface area contributed by atoms with Crippen molar-refractivity contribution in [2.45, 2.75) is 26.3 Å². The van der Waals surface area contributed by atoms with E-state index in [-0.39, 0.29) is 16.3 Å². The predicted octanol–water partition coefficient (Wildman–Crippen LogP) is 2.68. The molecule has 0 spiro atoms. The molecule has 0 aliphatic rings. The molecule has 0 fully saturated rings. The third-order valence-electron chi connectivity index (χ3n) is 2.78. The Labute approximate surface area is 138 Å². The number of ether oxygens (including phenoxy) is 2. The highest BCUT2D eigenvalue weighted by atomic mass is 35.5. The topological polar surface area (TPSA) is 84.9 Å². The molecule has 1 aromatic carbocycles. The first-order chi connectivity index (χ1) is 10.9. The quantitative estimate of drug-likeness (QED) is 0.717. The van der Waals surface area contributed by atoms with Crippen molar-refractivity contribution in [3.8, 4) is 11.5 Å².